The van der Waals surface area contributed by atoms with Crippen molar-refractivity contribution in [3.63, 3.8) is 0 Å². The van der Waals surface area contributed by atoms with E-state index >= 15 is 0 Å². The molecule has 17 heavy (non-hydrogen) atoms. The second-order valence-corrected chi connectivity index (χ2v) is 5.33. The number of anilines is 2. The monoisotopic (exact) mass is 255 g/mol. The highest BCUT2D eigenvalue weighted by atomic mass is 35.5. The summed E-state index contributed by atoms with van der Waals surface area (Å²) in [6.45, 7) is 6.63. The summed E-state index contributed by atoms with van der Waals surface area (Å²) in [5.74, 6) is 1.45. The molecule has 0 aliphatic rings. The van der Waals surface area contributed by atoms with Crippen LogP contribution in [0.5, 0.6) is 0 Å². The number of nitrogen functional groups attached to an aromatic ring is 1. The highest BCUT2D eigenvalue weighted by Crippen LogP contribution is 2.20. The lowest BCUT2D eigenvalue weighted by Crippen LogP contribution is -2.17. The van der Waals surface area contributed by atoms with Gasteiger partial charge in [-0.3, -0.25) is 0 Å². The van der Waals surface area contributed by atoms with Crippen molar-refractivity contribution in [3.05, 3.63) is 17.3 Å². The second kappa shape index (κ2) is 6.70. The summed E-state index contributed by atoms with van der Waals surface area (Å²) in [4.78, 5) is 4.19. The Bertz CT molecular complexity index is 353. The van der Waals surface area contributed by atoms with E-state index in [4.69, 9.17) is 17.3 Å². The molecule has 0 saturated heterocycles. The van der Waals surface area contributed by atoms with Crippen molar-refractivity contribution in [2.75, 3.05) is 11.1 Å². The summed E-state index contributed by atoms with van der Waals surface area (Å²) < 4.78 is 0. The fraction of sp³-hybridized carbons (Fsp3) is 0.615. The predicted molar refractivity (Wildman–Crippen MR) is 75.4 cm³/mol. The van der Waals surface area contributed by atoms with Crippen LogP contribution in [0.2, 0.25) is 5.15 Å². The van der Waals surface area contributed by atoms with Gasteiger partial charge in [0.25, 0.3) is 0 Å². The van der Waals surface area contributed by atoms with Crippen molar-refractivity contribution in [2.24, 2.45) is 5.92 Å². The molecule has 0 spiro atoms. The maximum atomic E-state index is 5.84. The highest BCUT2D eigenvalue weighted by Gasteiger charge is 2.07. The van der Waals surface area contributed by atoms with Gasteiger partial charge in [0, 0.05) is 6.04 Å². The van der Waals surface area contributed by atoms with Crippen molar-refractivity contribution in [1.29, 1.82) is 0 Å². The van der Waals surface area contributed by atoms with Crippen LogP contribution in [0.1, 0.15) is 40.0 Å². The number of aromatic nitrogens is 1. The Hall–Kier alpha value is -0.960. The standard InChI is InChI=1S/C13H22ClN3/c1-9(2)5-4-6-10(3)16-13-11(15)7-8-12(14)17-13/h7-10H,4-6,15H2,1-3H3,(H,16,17). The molecule has 0 bridgehead atoms. The van der Waals surface area contributed by atoms with Gasteiger partial charge in [0.15, 0.2) is 5.82 Å². The first kappa shape index (κ1) is 14.1. The van der Waals surface area contributed by atoms with Crippen LogP contribution < -0.4 is 11.1 Å². The Kier molecular flexibility index (Phi) is 5.56. The Morgan fingerprint density at radius 2 is 2.00 bits per heavy atom. The van der Waals surface area contributed by atoms with Crippen molar-refractivity contribution in [3.8, 4) is 0 Å². The van der Waals surface area contributed by atoms with Gasteiger partial charge in [-0.25, -0.2) is 4.98 Å². The average Bonchev–Trinajstić information content (AvgIpc) is 2.23. The van der Waals surface area contributed by atoms with Crippen molar-refractivity contribution in [2.45, 2.75) is 46.1 Å². The molecule has 0 fully saturated rings. The normalized spacial score (nSPS) is 12.8. The first-order chi connectivity index (χ1) is 7.99. The van der Waals surface area contributed by atoms with Gasteiger partial charge in [-0.1, -0.05) is 38.3 Å². The summed E-state index contributed by atoms with van der Waals surface area (Å²) in [5.41, 5.74) is 6.47. The smallest absolute Gasteiger partial charge is 0.151 e. The zero-order valence-electron chi connectivity index (χ0n) is 10.8. The van der Waals surface area contributed by atoms with Crippen LogP contribution >= 0.6 is 11.6 Å². The molecule has 4 heteroatoms. The molecule has 96 valence electrons. The Morgan fingerprint density at radius 1 is 1.29 bits per heavy atom. The molecule has 1 rings (SSSR count). The number of nitrogens with one attached hydrogen (secondary N) is 1. The van der Waals surface area contributed by atoms with E-state index in [2.05, 4.69) is 31.1 Å². The third-order valence-corrected chi connectivity index (χ3v) is 2.90. The molecule has 1 aromatic heterocycles. The van der Waals surface area contributed by atoms with E-state index in [-0.39, 0.29) is 0 Å². The summed E-state index contributed by atoms with van der Waals surface area (Å²) in [6, 6.07) is 3.84. The van der Waals surface area contributed by atoms with E-state index in [0.717, 1.165) is 12.3 Å². The zero-order valence-corrected chi connectivity index (χ0v) is 11.6. The number of nitrogens with two attached hydrogens (primary N) is 1. The second-order valence-electron chi connectivity index (χ2n) is 4.94. The molecule has 0 aromatic carbocycles. The van der Waals surface area contributed by atoms with Gasteiger partial charge < -0.3 is 11.1 Å². The minimum atomic E-state index is 0.363. The molecular formula is C13H22ClN3. The third-order valence-electron chi connectivity index (χ3n) is 2.69. The molecule has 0 amide bonds. The largest absolute Gasteiger partial charge is 0.396 e. The van der Waals surface area contributed by atoms with E-state index in [1.165, 1.54) is 12.8 Å². The first-order valence-electron chi connectivity index (χ1n) is 6.17. The summed E-state index contributed by atoms with van der Waals surface area (Å²) in [5, 5.41) is 3.77. The van der Waals surface area contributed by atoms with Gasteiger partial charge >= 0.3 is 0 Å². The van der Waals surface area contributed by atoms with Crippen molar-refractivity contribution in [1.82, 2.24) is 4.98 Å². The SMILES string of the molecule is CC(C)CCCC(C)Nc1nc(Cl)ccc1N. The minimum Gasteiger partial charge on any atom is -0.396 e. The molecule has 0 radical (unpaired) electrons. The van der Waals surface area contributed by atoms with Gasteiger partial charge in [-0.2, -0.15) is 0 Å². The van der Waals surface area contributed by atoms with E-state index in [0.29, 0.717) is 22.7 Å². The van der Waals surface area contributed by atoms with Gasteiger partial charge in [0.05, 0.1) is 5.69 Å². The maximum absolute atomic E-state index is 5.84. The lowest BCUT2D eigenvalue weighted by Gasteiger charge is -2.16. The molecule has 1 unspecified atom stereocenters. The van der Waals surface area contributed by atoms with Crippen LogP contribution in [0.3, 0.4) is 0 Å². The lowest BCUT2D eigenvalue weighted by atomic mass is 10.0. The molecule has 1 heterocycles. The summed E-state index contributed by atoms with van der Waals surface area (Å²) in [7, 11) is 0. The average molecular weight is 256 g/mol. The Labute approximate surface area is 109 Å². The fourth-order valence-electron chi connectivity index (χ4n) is 1.70. The van der Waals surface area contributed by atoms with Crippen LogP contribution in [0, 0.1) is 5.92 Å². The van der Waals surface area contributed by atoms with Crippen LogP contribution in [-0.4, -0.2) is 11.0 Å². The van der Waals surface area contributed by atoms with E-state index in [1.807, 2.05) is 0 Å². The van der Waals surface area contributed by atoms with Gasteiger partial charge in [0.1, 0.15) is 5.15 Å². The van der Waals surface area contributed by atoms with E-state index in [1.54, 1.807) is 12.1 Å². The van der Waals surface area contributed by atoms with Crippen molar-refractivity contribution < 1.29 is 0 Å². The van der Waals surface area contributed by atoms with Crippen LogP contribution in [0.4, 0.5) is 11.5 Å². The minimum absolute atomic E-state index is 0.363. The molecule has 1 aromatic rings. The fourth-order valence-corrected chi connectivity index (χ4v) is 1.85. The molecular weight excluding hydrogens is 234 g/mol. The van der Waals surface area contributed by atoms with Crippen LogP contribution in [-0.2, 0) is 0 Å². The number of hydrogen-bond donors (Lipinski definition) is 2. The zero-order chi connectivity index (χ0) is 12.8. The molecule has 0 aliphatic carbocycles. The number of nitrogens with zero attached hydrogens (tertiary/aromatic N) is 1. The molecule has 3 N–H and O–H groups in total. The third kappa shape index (κ3) is 5.26. The number of rotatable bonds is 6. The number of halogens is 1. The number of hydrogen-bond acceptors (Lipinski definition) is 3. The van der Waals surface area contributed by atoms with E-state index in [9.17, 15) is 0 Å². The summed E-state index contributed by atoms with van der Waals surface area (Å²) >= 11 is 5.84. The van der Waals surface area contributed by atoms with Gasteiger partial charge in [-0.05, 0) is 31.4 Å². The van der Waals surface area contributed by atoms with E-state index < -0.39 is 0 Å². The quantitative estimate of drug-likeness (QED) is 0.757. The summed E-state index contributed by atoms with van der Waals surface area (Å²) in [6.07, 6.45) is 3.59. The lowest BCUT2D eigenvalue weighted by molar-refractivity contribution is 0.520. The topological polar surface area (TPSA) is 50.9 Å². The molecule has 0 saturated carbocycles. The van der Waals surface area contributed by atoms with Crippen LogP contribution in [0.25, 0.3) is 0 Å². The van der Waals surface area contributed by atoms with Crippen LogP contribution in [0.15, 0.2) is 12.1 Å². The molecule has 3 nitrogen and oxygen atoms in total. The van der Waals surface area contributed by atoms with Gasteiger partial charge in [0.2, 0.25) is 0 Å². The predicted octanol–water partition coefficient (Wildman–Crippen LogP) is 3.94. The highest BCUT2D eigenvalue weighted by molar-refractivity contribution is 6.29. The molecule has 0 aliphatic heterocycles. The van der Waals surface area contributed by atoms with Crippen molar-refractivity contribution >= 4 is 23.1 Å². The maximum Gasteiger partial charge on any atom is 0.151 e. The number of pyridine rings is 1. The Balaban J connectivity index is 2.44. The first-order valence-corrected chi connectivity index (χ1v) is 6.55. The van der Waals surface area contributed by atoms with Gasteiger partial charge in [-0.15, -0.1) is 0 Å². The molecule has 1 atom stereocenters. The Morgan fingerprint density at radius 3 is 2.65 bits per heavy atom.